The fourth-order valence-electron chi connectivity index (χ4n) is 4.92. The van der Waals surface area contributed by atoms with Gasteiger partial charge in [-0.1, -0.05) is 29.8 Å². The lowest BCUT2D eigenvalue weighted by molar-refractivity contribution is -0.125. The van der Waals surface area contributed by atoms with Crippen LogP contribution in [0.3, 0.4) is 0 Å². The van der Waals surface area contributed by atoms with Crippen molar-refractivity contribution in [3.63, 3.8) is 0 Å². The maximum atomic E-state index is 13.0. The molecule has 2 aromatic heterocycles. The second-order valence-corrected chi connectivity index (χ2v) is 9.52. The van der Waals surface area contributed by atoms with Gasteiger partial charge in [0, 0.05) is 19.6 Å². The summed E-state index contributed by atoms with van der Waals surface area (Å²) in [5, 5.41) is 18.1. The Bertz CT molecular complexity index is 1380. The van der Waals surface area contributed by atoms with E-state index in [2.05, 4.69) is 58.5 Å². The van der Waals surface area contributed by atoms with Gasteiger partial charge in [0.15, 0.2) is 5.82 Å². The number of rotatable bonds is 6. The molecule has 0 saturated carbocycles. The van der Waals surface area contributed by atoms with Gasteiger partial charge >= 0.3 is 0 Å². The van der Waals surface area contributed by atoms with Crippen molar-refractivity contribution in [2.24, 2.45) is 5.92 Å². The van der Waals surface area contributed by atoms with Crippen LogP contribution < -0.4 is 15.0 Å². The van der Waals surface area contributed by atoms with Crippen molar-refractivity contribution in [2.45, 2.75) is 40.2 Å². The fraction of sp³-hybridized carbons (Fsp3) is 0.357. The Balaban J connectivity index is 1.36. The number of benzene rings is 2. The van der Waals surface area contributed by atoms with Crippen molar-refractivity contribution in [3.05, 3.63) is 71.0 Å². The lowest BCUT2D eigenvalue weighted by Crippen LogP contribution is -2.43. The summed E-state index contributed by atoms with van der Waals surface area (Å²) in [6.45, 7) is 8.03. The number of carbonyl (C=O) groups is 1. The van der Waals surface area contributed by atoms with Gasteiger partial charge in [0.1, 0.15) is 11.3 Å². The van der Waals surface area contributed by atoms with Gasteiger partial charge in [0.25, 0.3) is 0 Å². The van der Waals surface area contributed by atoms with E-state index in [-0.39, 0.29) is 11.8 Å². The molecule has 186 valence electrons. The van der Waals surface area contributed by atoms with E-state index < -0.39 is 0 Å². The number of aryl methyl sites for hydroxylation is 3. The van der Waals surface area contributed by atoms with Gasteiger partial charge in [-0.05, 0) is 63.4 Å². The Morgan fingerprint density at radius 2 is 1.81 bits per heavy atom. The zero-order chi connectivity index (χ0) is 25.2. The summed E-state index contributed by atoms with van der Waals surface area (Å²) in [7, 11) is 1.64. The van der Waals surface area contributed by atoms with Gasteiger partial charge in [-0.25, -0.2) is 4.68 Å². The molecular weight excluding hydrogens is 452 g/mol. The summed E-state index contributed by atoms with van der Waals surface area (Å²) < 4.78 is 7.18. The third kappa shape index (κ3) is 4.63. The number of amides is 1. The lowest BCUT2D eigenvalue weighted by Gasteiger charge is -2.32. The Morgan fingerprint density at radius 1 is 1.06 bits per heavy atom. The van der Waals surface area contributed by atoms with Crippen LogP contribution in [0.5, 0.6) is 5.75 Å². The van der Waals surface area contributed by atoms with E-state index in [1.807, 2.05) is 35.9 Å². The van der Waals surface area contributed by atoms with Crippen molar-refractivity contribution in [1.82, 2.24) is 25.3 Å². The van der Waals surface area contributed by atoms with Gasteiger partial charge in [0.05, 0.1) is 35.5 Å². The van der Waals surface area contributed by atoms with Crippen LogP contribution in [0.4, 0.5) is 5.82 Å². The van der Waals surface area contributed by atoms with Crippen molar-refractivity contribution < 1.29 is 9.53 Å². The van der Waals surface area contributed by atoms with Crippen LogP contribution in [0.2, 0.25) is 0 Å². The quantitative estimate of drug-likeness (QED) is 0.440. The first kappa shape index (κ1) is 23.8. The summed E-state index contributed by atoms with van der Waals surface area (Å²) in [5.41, 5.74) is 5.98. The number of ether oxygens (including phenoxy) is 1. The summed E-state index contributed by atoms with van der Waals surface area (Å²) in [5.74, 6) is 1.50. The maximum Gasteiger partial charge on any atom is 0.225 e. The summed E-state index contributed by atoms with van der Waals surface area (Å²) in [4.78, 5) is 15.2. The largest absolute Gasteiger partial charge is 0.497 e. The van der Waals surface area contributed by atoms with Gasteiger partial charge in [-0.3, -0.25) is 4.79 Å². The predicted molar refractivity (Wildman–Crippen MR) is 141 cm³/mol. The number of hydrogen-bond donors (Lipinski definition) is 1. The maximum absolute atomic E-state index is 13.0. The molecule has 1 fully saturated rings. The van der Waals surface area contributed by atoms with E-state index >= 15 is 0 Å². The molecule has 1 amide bonds. The van der Waals surface area contributed by atoms with Crippen LogP contribution in [0, 0.1) is 26.7 Å². The van der Waals surface area contributed by atoms with Crippen LogP contribution in [-0.4, -0.2) is 46.1 Å². The highest BCUT2D eigenvalue weighted by Crippen LogP contribution is 2.31. The first-order valence-electron chi connectivity index (χ1n) is 12.4. The molecule has 4 aromatic rings. The molecule has 8 nitrogen and oxygen atoms in total. The molecular formula is C28H32N6O2. The third-order valence-electron chi connectivity index (χ3n) is 6.98. The van der Waals surface area contributed by atoms with Crippen LogP contribution >= 0.6 is 0 Å². The molecule has 36 heavy (non-hydrogen) atoms. The molecule has 0 bridgehead atoms. The number of fused-ring (bicyclic) bond motifs is 1. The Morgan fingerprint density at radius 3 is 2.53 bits per heavy atom. The minimum atomic E-state index is -0.115. The third-order valence-corrected chi connectivity index (χ3v) is 6.98. The summed E-state index contributed by atoms with van der Waals surface area (Å²) in [6, 6.07) is 16.1. The van der Waals surface area contributed by atoms with E-state index in [1.165, 1.54) is 5.56 Å². The van der Waals surface area contributed by atoms with E-state index in [0.29, 0.717) is 13.1 Å². The SMILES string of the molecule is COc1ccc(CNC(=O)C2CCCN(c3nnc(C)c4c(C)n(-c5ccc(C)cc5)nc34)C2)cc1. The molecule has 0 radical (unpaired) electrons. The Hall–Kier alpha value is -3.94. The minimum absolute atomic E-state index is 0.0631. The van der Waals surface area contributed by atoms with Gasteiger partial charge in [-0.15, -0.1) is 5.10 Å². The molecule has 1 atom stereocenters. The number of piperidine rings is 1. The topological polar surface area (TPSA) is 85.2 Å². The number of methoxy groups -OCH3 is 1. The van der Waals surface area contributed by atoms with Crippen molar-refractivity contribution in [1.29, 1.82) is 0 Å². The fourth-order valence-corrected chi connectivity index (χ4v) is 4.92. The second kappa shape index (κ2) is 9.97. The average molecular weight is 485 g/mol. The zero-order valence-electron chi connectivity index (χ0n) is 21.3. The molecule has 1 N–H and O–H groups in total. The van der Waals surface area contributed by atoms with E-state index in [9.17, 15) is 4.79 Å². The number of aromatic nitrogens is 4. The monoisotopic (exact) mass is 484 g/mol. The molecule has 8 heteroatoms. The molecule has 0 aliphatic carbocycles. The molecule has 3 heterocycles. The molecule has 1 unspecified atom stereocenters. The van der Waals surface area contributed by atoms with Crippen molar-refractivity contribution in [2.75, 3.05) is 25.1 Å². The Kier molecular flexibility index (Phi) is 6.59. The Labute approximate surface area is 211 Å². The molecule has 1 aliphatic heterocycles. The number of carbonyl (C=O) groups excluding carboxylic acids is 1. The average Bonchev–Trinajstić information content (AvgIpc) is 3.26. The number of nitrogens with one attached hydrogen (secondary N) is 1. The van der Waals surface area contributed by atoms with Gasteiger partial charge < -0.3 is 15.0 Å². The molecule has 2 aromatic carbocycles. The van der Waals surface area contributed by atoms with E-state index in [1.54, 1.807) is 7.11 Å². The second-order valence-electron chi connectivity index (χ2n) is 9.52. The van der Waals surface area contributed by atoms with Crippen LogP contribution in [0.15, 0.2) is 48.5 Å². The van der Waals surface area contributed by atoms with Crippen LogP contribution in [0.1, 0.15) is 35.4 Å². The highest BCUT2D eigenvalue weighted by Gasteiger charge is 2.29. The number of nitrogens with zero attached hydrogens (tertiary/aromatic N) is 5. The minimum Gasteiger partial charge on any atom is -0.497 e. The van der Waals surface area contributed by atoms with E-state index in [4.69, 9.17) is 9.84 Å². The lowest BCUT2D eigenvalue weighted by atomic mass is 9.97. The van der Waals surface area contributed by atoms with Crippen LogP contribution in [-0.2, 0) is 11.3 Å². The normalized spacial score (nSPS) is 15.8. The predicted octanol–water partition coefficient (Wildman–Crippen LogP) is 4.28. The van der Waals surface area contributed by atoms with Gasteiger partial charge in [0.2, 0.25) is 5.91 Å². The number of anilines is 1. The smallest absolute Gasteiger partial charge is 0.225 e. The molecule has 5 rings (SSSR count). The first-order valence-corrected chi connectivity index (χ1v) is 12.4. The van der Waals surface area contributed by atoms with Crippen molar-refractivity contribution in [3.8, 4) is 11.4 Å². The summed E-state index contributed by atoms with van der Waals surface area (Å²) in [6.07, 6.45) is 1.76. The van der Waals surface area contributed by atoms with Gasteiger partial charge in [-0.2, -0.15) is 10.2 Å². The zero-order valence-corrected chi connectivity index (χ0v) is 21.3. The molecule has 0 spiro atoms. The molecule has 1 aliphatic rings. The summed E-state index contributed by atoms with van der Waals surface area (Å²) >= 11 is 0. The van der Waals surface area contributed by atoms with E-state index in [0.717, 1.165) is 64.5 Å². The standard InChI is InChI=1S/C28H32N6O2/c1-18-7-11-23(12-8-18)34-20(3)25-19(2)30-31-27(26(25)32-34)33-15-5-6-22(17-33)28(35)29-16-21-9-13-24(36-4)14-10-21/h7-14,22H,5-6,15-17H2,1-4H3,(H,29,35). The highest BCUT2D eigenvalue weighted by molar-refractivity contribution is 5.92. The number of hydrogen-bond acceptors (Lipinski definition) is 6. The molecule has 1 saturated heterocycles. The van der Waals surface area contributed by atoms with Crippen molar-refractivity contribution >= 4 is 22.6 Å². The highest BCUT2D eigenvalue weighted by atomic mass is 16.5. The first-order chi connectivity index (χ1) is 17.4. The van der Waals surface area contributed by atoms with Crippen LogP contribution in [0.25, 0.3) is 16.6 Å².